The molecule has 0 radical (unpaired) electrons. The Kier molecular flexibility index (Phi) is 3.17. The third-order valence-corrected chi connectivity index (χ3v) is 1.75. The predicted molar refractivity (Wildman–Crippen MR) is 41.5 cm³/mol. The third-order valence-electron chi connectivity index (χ3n) is 1.25. The van der Waals surface area contributed by atoms with Crippen LogP contribution in [0.2, 0.25) is 0 Å². The van der Waals surface area contributed by atoms with Crippen molar-refractivity contribution in [3.05, 3.63) is 23.8 Å². The average Bonchev–Trinajstić information content (AvgIpc) is 2.01. The molecule has 1 aromatic rings. The molecule has 0 aliphatic carbocycles. The van der Waals surface area contributed by atoms with E-state index in [4.69, 9.17) is 4.55 Å². The summed E-state index contributed by atoms with van der Waals surface area (Å²) >= 11 is -2.24. The van der Waals surface area contributed by atoms with Crippen LogP contribution in [0.3, 0.4) is 0 Å². The minimum absolute atomic E-state index is 0.305. The van der Waals surface area contributed by atoms with E-state index in [1.165, 1.54) is 0 Å². The lowest BCUT2D eigenvalue weighted by Gasteiger charge is -2.05. The lowest BCUT2D eigenvalue weighted by atomic mass is 10.4. The predicted octanol–water partition coefficient (Wildman–Crippen LogP) is 1.22. The van der Waals surface area contributed by atoms with Crippen LogP contribution in [0.15, 0.2) is 12.3 Å². The van der Waals surface area contributed by atoms with Crippen molar-refractivity contribution in [1.29, 1.82) is 0 Å². The number of alkyl halides is 3. The maximum Gasteiger partial charge on any atom is 0.433 e. The highest BCUT2D eigenvalue weighted by Crippen LogP contribution is 2.26. The molecule has 0 saturated heterocycles. The summed E-state index contributed by atoms with van der Waals surface area (Å²) in [6.45, 7) is 0. The van der Waals surface area contributed by atoms with E-state index in [1.54, 1.807) is 0 Å². The monoisotopic (exact) mass is 226 g/mol. The summed E-state index contributed by atoms with van der Waals surface area (Å²) < 4.78 is 54.9. The van der Waals surface area contributed by atoms with Crippen molar-refractivity contribution in [2.45, 2.75) is 11.9 Å². The maximum atomic E-state index is 12.1. The van der Waals surface area contributed by atoms with E-state index in [0.29, 0.717) is 6.07 Å². The van der Waals surface area contributed by atoms with E-state index in [2.05, 4.69) is 9.97 Å². The van der Waals surface area contributed by atoms with Crippen molar-refractivity contribution in [3.8, 4) is 0 Å². The zero-order valence-electron chi connectivity index (χ0n) is 6.65. The van der Waals surface area contributed by atoms with Crippen molar-refractivity contribution in [2.75, 3.05) is 0 Å². The van der Waals surface area contributed by atoms with Crippen molar-refractivity contribution in [1.82, 2.24) is 9.97 Å². The molecule has 8 heteroatoms. The van der Waals surface area contributed by atoms with Crippen LogP contribution in [-0.4, -0.2) is 18.7 Å². The lowest BCUT2D eigenvalue weighted by Crippen LogP contribution is -2.11. The number of nitrogens with zero attached hydrogens (tertiary/aromatic N) is 2. The Bertz CT molecular complexity index is 355. The van der Waals surface area contributed by atoms with Crippen molar-refractivity contribution in [3.63, 3.8) is 0 Å². The minimum atomic E-state index is -4.56. The first kappa shape index (κ1) is 11.1. The first-order valence-corrected chi connectivity index (χ1v) is 4.64. The summed E-state index contributed by atoms with van der Waals surface area (Å²) in [7, 11) is 0. The molecular weight excluding hydrogens is 221 g/mol. The van der Waals surface area contributed by atoms with E-state index in [9.17, 15) is 17.4 Å². The molecule has 0 amide bonds. The molecule has 1 aromatic heterocycles. The Morgan fingerprint density at radius 2 is 2.14 bits per heavy atom. The standard InChI is InChI=1S/C6H5F3N2O2S/c7-6(8,9)4-1-2-10-5(11-4)3-14(12)13/h1-2H,3H2,(H,12,13). The third kappa shape index (κ3) is 3.04. The molecule has 1 N–H and O–H groups in total. The zero-order chi connectivity index (χ0) is 10.8. The van der Waals surface area contributed by atoms with Gasteiger partial charge in [-0.3, -0.25) is 0 Å². The van der Waals surface area contributed by atoms with Gasteiger partial charge in [0.15, 0.2) is 11.1 Å². The number of hydrogen-bond acceptors (Lipinski definition) is 3. The largest absolute Gasteiger partial charge is 0.433 e. The summed E-state index contributed by atoms with van der Waals surface area (Å²) in [4.78, 5) is 6.52. The summed E-state index contributed by atoms with van der Waals surface area (Å²) in [6, 6.07) is 0.698. The van der Waals surface area contributed by atoms with Gasteiger partial charge in [-0.15, -0.1) is 0 Å². The topological polar surface area (TPSA) is 63.1 Å². The fourth-order valence-corrected chi connectivity index (χ4v) is 1.10. The van der Waals surface area contributed by atoms with Crippen molar-refractivity contribution in [2.24, 2.45) is 0 Å². The molecule has 1 heterocycles. The maximum absolute atomic E-state index is 12.1. The first-order chi connectivity index (χ1) is 6.39. The molecule has 0 bridgehead atoms. The van der Waals surface area contributed by atoms with Gasteiger partial charge in [0.05, 0.1) is 0 Å². The van der Waals surface area contributed by atoms with Gasteiger partial charge < -0.3 is 4.55 Å². The van der Waals surface area contributed by atoms with E-state index < -0.39 is 28.7 Å². The molecule has 1 rings (SSSR count). The minimum Gasteiger partial charge on any atom is -0.306 e. The molecule has 0 aliphatic heterocycles. The fraction of sp³-hybridized carbons (Fsp3) is 0.333. The summed E-state index contributed by atoms with van der Waals surface area (Å²) in [5.74, 6) is -0.815. The Balaban J connectivity index is 2.95. The lowest BCUT2D eigenvalue weighted by molar-refractivity contribution is -0.141. The number of halogens is 3. The molecule has 4 nitrogen and oxygen atoms in total. The molecule has 78 valence electrons. The fourth-order valence-electron chi connectivity index (χ4n) is 0.737. The van der Waals surface area contributed by atoms with Crippen LogP contribution in [-0.2, 0) is 23.0 Å². The van der Waals surface area contributed by atoms with Gasteiger partial charge in [0, 0.05) is 6.20 Å². The SMILES string of the molecule is O=S(O)Cc1nccc(C(F)(F)F)n1. The summed E-state index contributed by atoms with van der Waals surface area (Å²) in [5, 5.41) is 0. The highest BCUT2D eigenvalue weighted by molar-refractivity contribution is 7.78. The van der Waals surface area contributed by atoms with E-state index in [-0.39, 0.29) is 5.82 Å². The summed E-state index contributed by atoms with van der Waals surface area (Å²) in [6.07, 6.45) is -3.66. The number of rotatable bonds is 2. The van der Waals surface area contributed by atoms with Crippen LogP contribution in [0, 0.1) is 0 Å². The Labute approximate surface area is 79.5 Å². The van der Waals surface area contributed by atoms with Gasteiger partial charge in [-0.2, -0.15) is 13.2 Å². The summed E-state index contributed by atoms with van der Waals surface area (Å²) in [5.41, 5.74) is -1.12. The van der Waals surface area contributed by atoms with E-state index >= 15 is 0 Å². The van der Waals surface area contributed by atoms with E-state index in [0.717, 1.165) is 6.20 Å². The number of aromatic nitrogens is 2. The van der Waals surface area contributed by atoms with Crippen LogP contribution in [0.1, 0.15) is 11.5 Å². The molecule has 0 saturated carbocycles. The highest BCUT2D eigenvalue weighted by atomic mass is 32.2. The Morgan fingerprint density at radius 3 is 2.64 bits per heavy atom. The second-order valence-corrected chi connectivity index (χ2v) is 3.25. The molecule has 0 aliphatic rings. The highest BCUT2D eigenvalue weighted by Gasteiger charge is 2.32. The first-order valence-electron chi connectivity index (χ1n) is 3.36. The Morgan fingerprint density at radius 1 is 1.50 bits per heavy atom. The quantitative estimate of drug-likeness (QED) is 0.770. The van der Waals surface area contributed by atoms with Crippen molar-refractivity contribution < 1.29 is 21.9 Å². The van der Waals surface area contributed by atoms with Gasteiger partial charge in [-0.1, -0.05) is 0 Å². The average molecular weight is 226 g/mol. The van der Waals surface area contributed by atoms with Crippen LogP contribution < -0.4 is 0 Å². The van der Waals surface area contributed by atoms with Gasteiger partial charge in [0.25, 0.3) is 0 Å². The zero-order valence-corrected chi connectivity index (χ0v) is 7.47. The second-order valence-electron chi connectivity index (χ2n) is 2.32. The smallest absolute Gasteiger partial charge is 0.306 e. The molecular formula is C6H5F3N2O2S. The van der Waals surface area contributed by atoms with E-state index in [1.807, 2.05) is 0 Å². The van der Waals surface area contributed by atoms with Gasteiger partial charge in [0.2, 0.25) is 0 Å². The number of hydrogen-bond donors (Lipinski definition) is 1. The normalized spacial score (nSPS) is 14.0. The molecule has 0 aromatic carbocycles. The van der Waals surface area contributed by atoms with Crippen molar-refractivity contribution >= 4 is 11.1 Å². The van der Waals surface area contributed by atoms with Crippen LogP contribution in [0.25, 0.3) is 0 Å². The van der Waals surface area contributed by atoms with Gasteiger partial charge in [-0.05, 0) is 6.07 Å². The van der Waals surface area contributed by atoms with Crippen LogP contribution in [0.5, 0.6) is 0 Å². The van der Waals surface area contributed by atoms with Gasteiger partial charge in [0.1, 0.15) is 17.3 Å². The molecule has 0 fully saturated rings. The van der Waals surface area contributed by atoms with Crippen LogP contribution in [0.4, 0.5) is 13.2 Å². The van der Waals surface area contributed by atoms with Crippen LogP contribution >= 0.6 is 0 Å². The molecule has 14 heavy (non-hydrogen) atoms. The second kappa shape index (κ2) is 4.01. The Hall–Kier alpha value is -1.02. The van der Waals surface area contributed by atoms with Gasteiger partial charge >= 0.3 is 6.18 Å². The molecule has 0 spiro atoms. The molecule has 1 atom stereocenters. The van der Waals surface area contributed by atoms with Gasteiger partial charge in [-0.25, -0.2) is 14.2 Å². The molecule has 1 unspecified atom stereocenters.